The number of carbonyl (C=O) groups is 1. The van der Waals surface area contributed by atoms with Crippen molar-refractivity contribution in [3.05, 3.63) is 65.7 Å². The van der Waals surface area contributed by atoms with E-state index in [4.69, 9.17) is 4.74 Å². The number of ketones is 1. The predicted molar refractivity (Wildman–Crippen MR) is 73.6 cm³/mol. The molecule has 0 amide bonds. The molecule has 1 N–H and O–H groups in total. The lowest BCUT2D eigenvalue weighted by Gasteiger charge is -2.14. The molecule has 2 aromatic carbocycles. The summed E-state index contributed by atoms with van der Waals surface area (Å²) < 4.78 is 5.08. The van der Waals surface area contributed by atoms with Gasteiger partial charge in [-0.3, -0.25) is 4.79 Å². The second-order valence-corrected chi connectivity index (χ2v) is 4.24. The quantitative estimate of drug-likeness (QED) is 0.836. The molecule has 0 radical (unpaired) electrons. The van der Waals surface area contributed by atoms with Gasteiger partial charge in [0.15, 0.2) is 5.78 Å². The first-order valence-electron chi connectivity index (χ1n) is 6.10. The smallest absolute Gasteiger partial charge is 0.172 e. The molecule has 0 saturated heterocycles. The molecule has 0 aliphatic rings. The maximum atomic E-state index is 12.3. The first-order valence-corrected chi connectivity index (χ1v) is 6.10. The Morgan fingerprint density at radius 3 is 2.26 bits per heavy atom. The summed E-state index contributed by atoms with van der Waals surface area (Å²) in [6.45, 7) is -0.208. The van der Waals surface area contributed by atoms with Crippen LogP contribution in [0.5, 0.6) is 5.75 Å². The highest BCUT2D eigenvalue weighted by atomic mass is 16.5. The summed E-state index contributed by atoms with van der Waals surface area (Å²) in [4.78, 5) is 12.3. The standard InChI is InChI=1S/C16H16O3/c1-19-14-9-7-12(8-10-14)15(11-17)16(18)13-5-3-2-4-6-13/h2-10,15,17H,11H2,1H3. The summed E-state index contributed by atoms with van der Waals surface area (Å²) in [5.41, 5.74) is 1.40. The van der Waals surface area contributed by atoms with Crippen LogP contribution in [0.25, 0.3) is 0 Å². The molecule has 0 bridgehead atoms. The van der Waals surface area contributed by atoms with Crippen molar-refractivity contribution in [2.45, 2.75) is 5.92 Å². The molecule has 1 unspecified atom stereocenters. The van der Waals surface area contributed by atoms with E-state index in [2.05, 4.69) is 0 Å². The molecule has 0 fully saturated rings. The van der Waals surface area contributed by atoms with Crippen LogP contribution in [0.2, 0.25) is 0 Å². The molecule has 1 atom stereocenters. The SMILES string of the molecule is COc1ccc(C(CO)C(=O)c2ccccc2)cc1. The van der Waals surface area contributed by atoms with Crippen molar-refractivity contribution in [3.8, 4) is 5.75 Å². The second-order valence-electron chi connectivity index (χ2n) is 4.24. The molecular formula is C16H16O3. The van der Waals surface area contributed by atoms with Crippen molar-refractivity contribution in [2.75, 3.05) is 13.7 Å². The number of rotatable bonds is 5. The van der Waals surface area contributed by atoms with Gasteiger partial charge in [0.05, 0.1) is 19.6 Å². The molecule has 0 heterocycles. The minimum absolute atomic E-state index is 0.0757. The zero-order valence-corrected chi connectivity index (χ0v) is 10.7. The maximum absolute atomic E-state index is 12.3. The largest absolute Gasteiger partial charge is 0.497 e. The van der Waals surface area contributed by atoms with Crippen molar-refractivity contribution in [2.24, 2.45) is 0 Å². The number of aliphatic hydroxyl groups is 1. The third-order valence-corrected chi connectivity index (χ3v) is 3.08. The van der Waals surface area contributed by atoms with Gasteiger partial charge in [0.1, 0.15) is 5.75 Å². The van der Waals surface area contributed by atoms with Gasteiger partial charge in [0.25, 0.3) is 0 Å². The van der Waals surface area contributed by atoms with Crippen LogP contribution < -0.4 is 4.74 Å². The normalized spacial score (nSPS) is 11.9. The minimum atomic E-state index is -0.534. The number of hydrogen-bond donors (Lipinski definition) is 1. The van der Waals surface area contributed by atoms with Crippen LogP contribution in [0.4, 0.5) is 0 Å². The monoisotopic (exact) mass is 256 g/mol. The fourth-order valence-corrected chi connectivity index (χ4v) is 1.98. The lowest BCUT2D eigenvalue weighted by Crippen LogP contribution is -2.16. The second kappa shape index (κ2) is 6.16. The number of ether oxygens (including phenoxy) is 1. The molecule has 2 aromatic rings. The number of aliphatic hydroxyl groups excluding tert-OH is 1. The van der Waals surface area contributed by atoms with Crippen LogP contribution in [0.15, 0.2) is 54.6 Å². The van der Waals surface area contributed by atoms with E-state index in [9.17, 15) is 9.90 Å². The Morgan fingerprint density at radius 2 is 1.74 bits per heavy atom. The number of benzene rings is 2. The molecular weight excluding hydrogens is 240 g/mol. The fraction of sp³-hybridized carbons (Fsp3) is 0.188. The van der Waals surface area contributed by atoms with Gasteiger partial charge >= 0.3 is 0 Å². The fourth-order valence-electron chi connectivity index (χ4n) is 1.98. The molecule has 98 valence electrons. The number of hydrogen-bond acceptors (Lipinski definition) is 3. The molecule has 0 aliphatic carbocycles. The lowest BCUT2D eigenvalue weighted by molar-refractivity contribution is 0.0922. The van der Waals surface area contributed by atoms with Crippen LogP contribution in [0, 0.1) is 0 Å². The van der Waals surface area contributed by atoms with E-state index >= 15 is 0 Å². The zero-order valence-electron chi connectivity index (χ0n) is 10.7. The van der Waals surface area contributed by atoms with E-state index in [1.54, 1.807) is 43.5 Å². The van der Waals surface area contributed by atoms with Crippen LogP contribution in [-0.4, -0.2) is 24.6 Å². The maximum Gasteiger partial charge on any atom is 0.172 e. The van der Waals surface area contributed by atoms with E-state index < -0.39 is 5.92 Å². The topological polar surface area (TPSA) is 46.5 Å². The third-order valence-electron chi connectivity index (χ3n) is 3.08. The van der Waals surface area contributed by atoms with Gasteiger partial charge in [0.2, 0.25) is 0 Å². The highest BCUT2D eigenvalue weighted by Gasteiger charge is 2.20. The highest BCUT2D eigenvalue weighted by Crippen LogP contribution is 2.23. The van der Waals surface area contributed by atoms with Crippen LogP contribution in [-0.2, 0) is 0 Å². The number of Topliss-reactive ketones (excluding diaryl/α,β-unsaturated/α-hetero) is 1. The van der Waals surface area contributed by atoms with Gasteiger partial charge in [-0.25, -0.2) is 0 Å². The zero-order chi connectivity index (χ0) is 13.7. The van der Waals surface area contributed by atoms with Gasteiger partial charge in [-0.05, 0) is 17.7 Å². The molecule has 0 aliphatic heterocycles. The molecule has 2 rings (SSSR count). The van der Waals surface area contributed by atoms with Gasteiger partial charge < -0.3 is 9.84 Å². The average Bonchev–Trinajstić information content (AvgIpc) is 2.49. The summed E-state index contributed by atoms with van der Waals surface area (Å²) in [5, 5.41) is 9.49. The average molecular weight is 256 g/mol. The van der Waals surface area contributed by atoms with Gasteiger partial charge in [-0.2, -0.15) is 0 Å². The minimum Gasteiger partial charge on any atom is -0.497 e. The number of methoxy groups -OCH3 is 1. The summed E-state index contributed by atoms with van der Waals surface area (Å²) in [6.07, 6.45) is 0. The summed E-state index contributed by atoms with van der Waals surface area (Å²) in [6, 6.07) is 16.2. The first kappa shape index (κ1) is 13.3. The lowest BCUT2D eigenvalue weighted by atomic mass is 9.91. The van der Waals surface area contributed by atoms with Crippen LogP contribution in [0.3, 0.4) is 0 Å². The van der Waals surface area contributed by atoms with E-state index in [-0.39, 0.29) is 12.4 Å². The van der Waals surface area contributed by atoms with Gasteiger partial charge in [-0.1, -0.05) is 42.5 Å². The Kier molecular flexibility index (Phi) is 4.31. The van der Waals surface area contributed by atoms with Crippen molar-refractivity contribution < 1.29 is 14.6 Å². The predicted octanol–water partition coefficient (Wildman–Crippen LogP) is 2.65. The first-order chi connectivity index (χ1) is 9.26. The van der Waals surface area contributed by atoms with Crippen molar-refractivity contribution in [1.29, 1.82) is 0 Å². The Balaban J connectivity index is 2.26. The Hall–Kier alpha value is -2.13. The Labute approximate surface area is 112 Å². The van der Waals surface area contributed by atoms with Crippen molar-refractivity contribution >= 4 is 5.78 Å². The van der Waals surface area contributed by atoms with E-state index in [1.807, 2.05) is 18.2 Å². The van der Waals surface area contributed by atoms with Gasteiger partial charge in [0, 0.05) is 5.56 Å². The van der Waals surface area contributed by atoms with Crippen molar-refractivity contribution in [1.82, 2.24) is 0 Å². The molecule has 3 nitrogen and oxygen atoms in total. The van der Waals surface area contributed by atoms with Crippen molar-refractivity contribution in [3.63, 3.8) is 0 Å². The molecule has 3 heteroatoms. The molecule has 0 spiro atoms. The Bertz CT molecular complexity index is 532. The van der Waals surface area contributed by atoms with Crippen LogP contribution in [0.1, 0.15) is 21.8 Å². The summed E-state index contributed by atoms with van der Waals surface area (Å²) in [5.74, 6) is 0.120. The highest BCUT2D eigenvalue weighted by molar-refractivity contribution is 6.01. The Morgan fingerprint density at radius 1 is 1.11 bits per heavy atom. The molecule has 0 saturated carbocycles. The van der Waals surface area contributed by atoms with Gasteiger partial charge in [-0.15, -0.1) is 0 Å². The van der Waals surface area contributed by atoms with E-state index in [0.29, 0.717) is 5.56 Å². The van der Waals surface area contributed by atoms with E-state index in [1.165, 1.54) is 0 Å². The molecule has 19 heavy (non-hydrogen) atoms. The van der Waals surface area contributed by atoms with E-state index in [0.717, 1.165) is 11.3 Å². The third kappa shape index (κ3) is 3.01. The van der Waals surface area contributed by atoms with Crippen LogP contribution >= 0.6 is 0 Å². The number of carbonyl (C=O) groups excluding carboxylic acids is 1. The molecule has 0 aromatic heterocycles. The summed E-state index contributed by atoms with van der Waals surface area (Å²) in [7, 11) is 1.59. The summed E-state index contributed by atoms with van der Waals surface area (Å²) >= 11 is 0.